The number of para-hydroxylation sites is 1. The van der Waals surface area contributed by atoms with Crippen molar-refractivity contribution in [3.05, 3.63) is 132 Å². The molecule has 0 fully saturated rings. The molecule has 230 valence electrons. The first-order valence-electron chi connectivity index (χ1n) is 14.6. The van der Waals surface area contributed by atoms with Crippen molar-refractivity contribution >= 4 is 27.5 Å². The first-order chi connectivity index (χ1) is 21.1. The quantitative estimate of drug-likeness (QED) is 0.208. The van der Waals surface area contributed by atoms with Crippen LogP contribution in [0.2, 0.25) is 0 Å². The molecule has 44 heavy (non-hydrogen) atoms. The minimum atomic E-state index is -4.21. The number of sulfonamides is 1. The van der Waals surface area contributed by atoms with E-state index in [0.29, 0.717) is 12.1 Å². The Morgan fingerprint density at radius 3 is 1.98 bits per heavy atom. The molecule has 4 rings (SSSR count). The molecule has 1 atom stereocenters. The number of nitrogens with zero attached hydrogens (tertiary/aromatic N) is 2. The molecule has 0 bridgehead atoms. The molecule has 4 aromatic rings. The summed E-state index contributed by atoms with van der Waals surface area (Å²) in [4.78, 5) is 29.5. The van der Waals surface area contributed by atoms with Gasteiger partial charge in [0.15, 0.2) is 0 Å². The van der Waals surface area contributed by atoms with E-state index in [1.165, 1.54) is 23.1 Å². The largest absolute Gasteiger partial charge is 0.352 e. The number of aryl methyl sites for hydroxylation is 1. The Morgan fingerprint density at radius 1 is 0.795 bits per heavy atom. The summed E-state index contributed by atoms with van der Waals surface area (Å²) in [5, 5.41) is 2.90. The fourth-order valence-electron chi connectivity index (χ4n) is 5.03. The number of nitrogens with one attached hydrogen (secondary N) is 1. The lowest BCUT2D eigenvalue weighted by Gasteiger charge is -2.34. The van der Waals surface area contributed by atoms with E-state index >= 15 is 4.39 Å². The smallest absolute Gasteiger partial charge is 0.264 e. The molecule has 0 heterocycles. The lowest BCUT2D eigenvalue weighted by atomic mass is 10.0. The van der Waals surface area contributed by atoms with Gasteiger partial charge >= 0.3 is 0 Å². The zero-order valence-corrected chi connectivity index (χ0v) is 26.0. The topological polar surface area (TPSA) is 86.8 Å². The fraction of sp³-hybridized carbons (Fsp3) is 0.257. The van der Waals surface area contributed by atoms with Crippen LogP contribution < -0.4 is 9.62 Å². The van der Waals surface area contributed by atoms with Crippen LogP contribution in [0.25, 0.3) is 0 Å². The van der Waals surface area contributed by atoms with Crippen molar-refractivity contribution in [2.45, 2.75) is 57.1 Å². The van der Waals surface area contributed by atoms with Gasteiger partial charge in [-0.3, -0.25) is 13.9 Å². The number of anilines is 1. The van der Waals surface area contributed by atoms with E-state index in [1.807, 2.05) is 63.2 Å². The summed E-state index contributed by atoms with van der Waals surface area (Å²) in [6, 6.07) is 29.0. The van der Waals surface area contributed by atoms with Crippen molar-refractivity contribution < 1.29 is 22.4 Å². The molecule has 0 aliphatic carbocycles. The van der Waals surface area contributed by atoms with Crippen molar-refractivity contribution in [2.75, 3.05) is 10.8 Å². The average molecular weight is 616 g/mol. The number of rotatable bonds is 13. The highest BCUT2D eigenvalue weighted by Crippen LogP contribution is 2.28. The second-order valence-corrected chi connectivity index (χ2v) is 12.7. The van der Waals surface area contributed by atoms with Crippen LogP contribution >= 0.6 is 0 Å². The van der Waals surface area contributed by atoms with E-state index in [1.54, 1.807) is 48.5 Å². The zero-order chi connectivity index (χ0) is 31.7. The number of amides is 2. The lowest BCUT2D eigenvalue weighted by Crippen LogP contribution is -2.54. The van der Waals surface area contributed by atoms with Gasteiger partial charge in [-0.25, -0.2) is 12.8 Å². The first-order valence-corrected chi connectivity index (χ1v) is 16.1. The summed E-state index contributed by atoms with van der Waals surface area (Å²) in [6.45, 7) is 4.71. The Bertz CT molecular complexity index is 1660. The standard InChI is InChI=1S/C35H38FN3O4S/c1-4-28-17-12-14-22-32(28)39(44(42,43)30-19-9-6-10-20-30)25-34(40)38(24-29-18-11-13-21-31(29)36)33(35(41)37-26(2)3)23-27-15-7-5-8-16-27/h5-22,26,33H,4,23-25H2,1-3H3,(H,37,41). The van der Waals surface area contributed by atoms with Gasteiger partial charge in [0.1, 0.15) is 18.4 Å². The highest BCUT2D eigenvalue weighted by Gasteiger charge is 2.35. The number of carbonyl (C=O) groups is 2. The van der Waals surface area contributed by atoms with Crippen LogP contribution in [0.3, 0.4) is 0 Å². The third-order valence-electron chi connectivity index (χ3n) is 7.25. The lowest BCUT2D eigenvalue weighted by molar-refractivity contribution is -0.140. The molecule has 0 spiro atoms. The first kappa shape index (κ1) is 32.4. The van der Waals surface area contributed by atoms with E-state index in [0.717, 1.165) is 15.4 Å². The monoisotopic (exact) mass is 615 g/mol. The van der Waals surface area contributed by atoms with Crippen molar-refractivity contribution in [3.8, 4) is 0 Å². The molecule has 1 N–H and O–H groups in total. The summed E-state index contributed by atoms with van der Waals surface area (Å²) >= 11 is 0. The molecule has 0 radical (unpaired) electrons. The molecular weight excluding hydrogens is 577 g/mol. The summed E-state index contributed by atoms with van der Waals surface area (Å²) in [5.41, 5.74) is 2.11. The SMILES string of the molecule is CCc1ccccc1N(CC(=O)N(Cc1ccccc1F)C(Cc1ccccc1)C(=O)NC(C)C)S(=O)(=O)c1ccccc1. The van der Waals surface area contributed by atoms with Gasteiger partial charge in [0.05, 0.1) is 10.6 Å². The number of hydrogen-bond acceptors (Lipinski definition) is 4. The van der Waals surface area contributed by atoms with E-state index in [-0.39, 0.29) is 29.5 Å². The molecule has 0 saturated heterocycles. The van der Waals surface area contributed by atoms with E-state index in [2.05, 4.69) is 5.32 Å². The molecular formula is C35H38FN3O4S. The van der Waals surface area contributed by atoms with Gasteiger partial charge in [0, 0.05) is 24.6 Å². The van der Waals surface area contributed by atoms with Crippen molar-refractivity contribution in [2.24, 2.45) is 0 Å². The average Bonchev–Trinajstić information content (AvgIpc) is 3.02. The predicted octanol–water partition coefficient (Wildman–Crippen LogP) is 5.75. The summed E-state index contributed by atoms with van der Waals surface area (Å²) in [6.07, 6.45) is 0.675. The molecule has 1 unspecified atom stereocenters. The maximum atomic E-state index is 15.0. The molecule has 9 heteroatoms. The van der Waals surface area contributed by atoms with Gasteiger partial charge in [-0.2, -0.15) is 0 Å². The van der Waals surface area contributed by atoms with E-state index in [4.69, 9.17) is 0 Å². The Hall–Kier alpha value is -4.50. The van der Waals surface area contributed by atoms with Crippen molar-refractivity contribution in [3.63, 3.8) is 0 Å². The number of carbonyl (C=O) groups excluding carboxylic acids is 2. The molecule has 0 aliphatic heterocycles. The van der Waals surface area contributed by atoms with Crippen LogP contribution in [0.15, 0.2) is 114 Å². The van der Waals surface area contributed by atoms with E-state index in [9.17, 15) is 18.0 Å². The van der Waals surface area contributed by atoms with Crippen LogP contribution in [0.4, 0.5) is 10.1 Å². The van der Waals surface area contributed by atoms with Crippen LogP contribution in [0.5, 0.6) is 0 Å². The molecule has 0 aliphatic rings. The van der Waals surface area contributed by atoms with Crippen LogP contribution in [0.1, 0.15) is 37.5 Å². The molecule has 0 aromatic heterocycles. The van der Waals surface area contributed by atoms with Gasteiger partial charge in [0.2, 0.25) is 11.8 Å². The second-order valence-electron chi connectivity index (χ2n) is 10.8. The van der Waals surface area contributed by atoms with Crippen molar-refractivity contribution in [1.29, 1.82) is 0 Å². The fourth-order valence-corrected chi connectivity index (χ4v) is 6.50. The number of halogens is 1. The van der Waals surface area contributed by atoms with Gasteiger partial charge in [-0.05, 0) is 55.7 Å². The Kier molecular flexibility index (Phi) is 10.9. The maximum absolute atomic E-state index is 15.0. The van der Waals surface area contributed by atoms with Crippen molar-refractivity contribution in [1.82, 2.24) is 10.2 Å². The van der Waals surface area contributed by atoms with E-state index < -0.39 is 40.2 Å². The normalized spacial score (nSPS) is 12.0. The highest BCUT2D eigenvalue weighted by atomic mass is 32.2. The zero-order valence-electron chi connectivity index (χ0n) is 25.2. The maximum Gasteiger partial charge on any atom is 0.264 e. The second kappa shape index (κ2) is 14.8. The summed E-state index contributed by atoms with van der Waals surface area (Å²) in [5.74, 6) is -1.59. The third kappa shape index (κ3) is 7.90. The Labute approximate surface area is 259 Å². The predicted molar refractivity (Wildman–Crippen MR) is 171 cm³/mol. The Morgan fingerprint density at radius 2 is 1.36 bits per heavy atom. The minimum Gasteiger partial charge on any atom is -0.352 e. The molecule has 7 nitrogen and oxygen atoms in total. The van der Waals surface area contributed by atoms with Gasteiger partial charge in [0.25, 0.3) is 10.0 Å². The summed E-state index contributed by atoms with van der Waals surface area (Å²) < 4.78 is 44.4. The molecule has 4 aromatic carbocycles. The molecule has 2 amide bonds. The third-order valence-corrected chi connectivity index (χ3v) is 9.03. The number of hydrogen-bond donors (Lipinski definition) is 1. The molecule has 0 saturated carbocycles. The van der Waals surface area contributed by atoms with Gasteiger partial charge in [-0.15, -0.1) is 0 Å². The van der Waals surface area contributed by atoms with Crippen LogP contribution in [-0.2, 0) is 39.0 Å². The number of benzene rings is 4. The highest BCUT2D eigenvalue weighted by molar-refractivity contribution is 7.92. The van der Waals surface area contributed by atoms with Gasteiger partial charge in [-0.1, -0.05) is 91.9 Å². The van der Waals surface area contributed by atoms with Gasteiger partial charge < -0.3 is 10.2 Å². The van der Waals surface area contributed by atoms with Crippen LogP contribution in [-0.4, -0.2) is 43.8 Å². The van der Waals surface area contributed by atoms with Crippen LogP contribution in [0, 0.1) is 5.82 Å². The summed E-state index contributed by atoms with van der Waals surface area (Å²) in [7, 11) is -4.21. The minimum absolute atomic E-state index is 0.0257. The Balaban J connectivity index is 1.83.